The first-order chi connectivity index (χ1) is 18.2. The van der Waals surface area contributed by atoms with Gasteiger partial charge in [-0.2, -0.15) is 18.2 Å². The molecule has 0 aliphatic carbocycles. The lowest BCUT2D eigenvalue weighted by Crippen LogP contribution is -2.47. The van der Waals surface area contributed by atoms with Gasteiger partial charge in [-0.3, -0.25) is 0 Å². The van der Waals surface area contributed by atoms with Crippen molar-refractivity contribution in [3.63, 3.8) is 0 Å². The van der Waals surface area contributed by atoms with E-state index >= 15 is 0 Å². The number of benzene rings is 1. The van der Waals surface area contributed by atoms with Gasteiger partial charge in [0.15, 0.2) is 0 Å². The van der Waals surface area contributed by atoms with E-state index in [9.17, 15) is 18.0 Å². The molecule has 38 heavy (non-hydrogen) atoms. The molecule has 2 aromatic rings. The SMILES string of the molecule is CCc1cc(N2CCN(C)CC2)ccc1Nc1ncc(C(F)(F)F)c(NCCCN2CCCN(C)C2=O)n1. The number of urea groups is 1. The Morgan fingerprint density at radius 1 is 1.05 bits per heavy atom. The Morgan fingerprint density at radius 2 is 1.82 bits per heavy atom. The maximum absolute atomic E-state index is 13.7. The number of carbonyl (C=O) groups is 1. The molecule has 2 amide bonds. The molecule has 0 bridgehead atoms. The van der Waals surface area contributed by atoms with Crippen LogP contribution in [0, 0.1) is 0 Å². The Balaban J connectivity index is 1.44. The number of hydrogen-bond acceptors (Lipinski definition) is 7. The van der Waals surface area contributed by atoms with Gasteiger partial charge in [-0.15, -0.1) is 0 Å². The molecule has 4 rings (SSSR count). The van der Waals surface area contributed by atoms with Crippen LogP contribution in [0.2, 0.25) is 0 Å². The first kappa shape index (κ1) is 27.7. The van der Waals surface area contributed by atoms with Crippen molar-refractivity contribution in [3.8, 4) is 0 Å². The summed E-state index contributed by atoms with van der Waals surface area (Å²) < 4.78 is 41.0. The Hall–Kier alpha value is -3.28. The number of nitrogens with zero attached hydrogens (tertiary/aromatic N) is 6. The van der Waals surface area contributed by atoms with E-state index in [1.54, 1.807) is 16.8 Å². The highest BCUT2D eigenvalue weighted by Gasteiger charge is 2.35. The number of hydrogen-bond donors (Lipinski definition) is 2. The predicted molar refractivity (Wildman–Crippen MR) is 143 cm³/mol. The zero-order valence-electron chi connectivity index (χ0n) is 22.3. The Morgan fingerprint density at radius 3 is 2.53 bits per heavy atom. The molecule has 2 saturated heterocycles. The molecular formula is C26H37F3N8O. The molecule has 1 aromatic heterocycles. The van der Waals surface area contributed by atoms with E-state index in [1.807, 2.05) is 19.1 Å². The Labute approximate surface area is 222 Å². The van der Waals surface area contributed by atoms with E-state index in [0.717, 1.165) is 68.7 Å². The third-order valence-electron chi connectivity index (χ3n) is 7.09. The first-order valence-corrected chi connectivity index (χ1v) is 13.2. The minimum absolute atomic E-state index is 0.0499. The maximum Gasteiger partial charge on any atom is 0.421 e. The summed E-state index contributed by atoms with van der Waals surface area (Å²) in [7, 11) is 3.87. The van der Waals surface area contributed by atoms with Crippen molar-refractivity contribution in [2.24, 2.45) is 0 Å². The molecule has 1 aromatic carbocycles. The average molecular weight is 535 g/mol. The van der Waals surface area contributed by atoms with Gasteiger partial charge in [-0.05, 0) is 50.1 Å². The molecule has 208 valence electrons. The average Bonchev–Trinajstić information content (AvgIpc) is 2.89. The van der Waals surface area contributed by atoms with Crippen molar-refractivity contribution < 1.29 is 18.0 Å². The Bertz CT molecular complexity index is 1100. The van der Waals surface area contributed by atoms with Gasteiger partial charge < -0.3 is 30.2 Å². The summed E-state index contributed by atoms with van der Waals surface area (Å²) in [6.07, 6.45) is -1.65. The second kappa shape index (κ2) is 12.1. The second-order valence-electron chi connectivity index (χ2n) is 9.89. The number of piperazine rings is 1. The minimum Gasteiger partial charge on any atom is -0.369 e. The molecular weight excluding hydrogens is 497 g/mol. The topological polar surface area (TPSA) is 79.9 Å². The van der Waals surface area contributed by atoms with Crippen molar-refractivity contribution in [2.45, 2.75) is 32.4 Å². The van der Waals surface area contributed by atoms with Crippen molar-refractivity contribution >= 4 is 29.2 Å². The molecule has 2 fully saturated rings. The van der Waals surface area contributed by atoms with E-state index in [2.05, 4.69) is 43.5 Å². The summed E-state index contributed by atoms with van der Waals surface area (Å²) in [5, 5.41) is 5.94. The molecule has 3 heterocycles. The summed E-state index contributed by atoms with van der Waals surface area (Å²) in [5.41, 5.74) is 2.02. The molecule has 0 unspecified atom stereocenters. The molecule has 0 radical (unpaired) electrons. The van der Waals surface area contributed by atoms with Crippen LogP contribution < -0.4 is 15.5 Å². The number of nitrogens with one attached hydrogen (secondary N) is 2. The molecule has 0 saturated carbocycles. The fourth-order valence-corrected chi connectivity index (χ4v) is 4.78. The number of amides is 2. The summed E-state index contributed by atoms with van der Waals surface area (Å²) in [5.74, 6) is -0.181. The van der Waals surface area contributed by atoms with Gasteiger partial charge in [0, 0.05) is 77.0 Å². The van der Waals surface area contributed by atoms with E-state index in [1.165, 1.54) is 0 Å². The van der Waals surface area contributed by atoms with Gasteiger partial charge in [-0.1, -0.05) is 6.92 Å². The van der Waals surface area contributed by atoms with E-state index < -0.39 is 11.7 Å². The van der Waals surface area contributed by atoms with Crippen molar-refractivity contribution in [1.82, 2.24) is 24.7 Å². The second-order valence-corrected chi connectivity index (χ2v) is 9.89. The van der Waals surface area contributed by atoms with Gasteiger partial charge in [0.25, 0.3) is 0 Å². The van der Waals surface area contributed by atoms with Crippen LogP contribution in [0.25, 0.3) is 0 Å². The molecule has 0 spiro atoms. The summed E-state index contributed by atoms with van der Waals surface area (Å²) in [6, 6.07) is 6.03. The van der Waals surface area contributed by atoms with Crippen LogP contribution in [0.1, 0.15) is 30.9 Å². The first-order valence-electron chi connectivity index (χ1n) is 13.2. The highest BCUT2D eigenvalue weighted by molar-refractivity contribution is 5.74. The molecule has 9 nitrogen and oxygen atoms in total. The fourth-order valence-electron chi connectivity index (χ4n) is 4.78. The summed E-state index contributed by atoms with van der Waals surface area (Å²) >= 11 is 0. The van der Waals surface area contributed by atoms with Crippen LogP contribution in [0.5, 0.6) is 0 Å². The van der Waals surface area contributed by atoms with Gasteiger partial charge in [-0.25, -0.2) is 9.78 Å². The highest BCUT2D eigenvalue weighted by Crippen LogP contribution is 2.34. The molecule has 0 atom stereocenters. The maximum atomic E-state index is 13.7. The van der Waals surface area contributed by atoms with Crippen LogP contribution in [0.3, 0.4) is 0 Å². The highest BCUT2D eigenvalue weighted by atomic mass is 19.4. The van der Waals surface area contributed by atoms with E-state index in [-0.39, 0.29) is 24.3 Å². The number of rotatable bonds is 9. The Kier molecular flexibility index (Phi) is 8.80. The molecule has 2 aliphatic heterocycles. The quantitative estimate of drug-likeness (QED) is 0.469. The third kappa shape index (κ3) is 6.77. The van der Waals surface area contributed by atoms with Crippen molar-refractivity contribution in [1.29, 1.82) is 0 Å². The monoisotopic (exact) mass is 534 g/mol. The summed E-state index contributed by atoms with van der Waals surface area (Å²) in [6.45, 7) is 8.03. The van der Waals surface area contributed by atoms with E-state index in [0.29, 0.717) is 19.5 Å². The smallest absolute Gasteiger partial charge is 0.369 e. The normalized spacial score (nSPS) is 17.2. The van der Waals surface area contributed by atoms with Crippen molar-refractivity contribution in [3.05, 3.63) is 35.5 Å². The lowest BCUT2D eigenvalue weighted by molar-refractivity contribution is -0.137. The van der Waals surface area contributed by atoms with Crippen LogP contribution in [-0.2, 0) is 12.6 Å². The number of aryl methyl sites for hydroxylation is 1. The zero-order chi connectivity index (χ0) is 27.3. The number of alkyl halides is 3. The van der Waals surface area contributed by atoms with Crippen LogP contribution in [0.4, 0.5) is 41.1 Å². The number of anilines is 4. The minimum atomic E-state index is -4.59. The molecule has 2 aliphatic rings. The molecule has 2 N–H and O–H groups in total. The number of halogens is 3. The van der Waals surface area contributed by atoms with Gasteiger partial charge >= 0.3 is 12.2 Å². The number of aromatic nitrogens is 2. The lowest BCUT2D eigenvalue weighted by Gasteiger charge is -2.34. The lowest BCUT2D eigenvalue weighted by atomic mass is 10.1. The van der Waals surface area contributed by atoms with Gasteiger partial charge in [0.1, 0.15) is 11.4 Å². The van der Waals surface area contributed by atoms with Crippen LogP contribution in [-0.4, -0.2) is 97.2 Å². The largest absolute Gasteiger partial charge is 0.421 e. The summed E-state index contributed by atoms with van der Waals surface area (Å²) in [4.78, 5) is 28.4. The zero-order valence-corrected chi connectivity index (χ0v) is 22.3. The van der Waals surface area contributed by atoms with Gasteiger partial charge in [0.2, 0.25) is 5.95 Å². The standard InChI is InChI=1S/C26H37F3N8O/c1-4-19-17-20(36-15-13-34(2)14-16-36)7-8-22(19)32-24-31-18-21(26(27,28)29)23(33-24)30-9-5-11-37-12-6-10-35(3)25(37)38/h7-8,17-18H,4-6,9-16H2,1-3H3,(H2,30,31,32,33). The third-order valence-corrected chi connectivity index (χ3v) is 7.09. The fraction of sp³-hybridized carbons (Fsp3) is 0.577. The predicted octanol–water partition coefficient (Wildman–Crippen LogP) is 4.11. The number of carbonyl (C=O) groups excluding carboxylic acids is 1. The molecule has 12 heteroatoms. The van der Waals surface area contributed by atoms with Crippen LogP contribution >= 0.6 is 0 Å². The van der Waals surface area contributed by atoms with Gasteiger partial charge in [0.05, 0.1) is 0 Å². The van der Waals surface area contributed by atoms with E-state index in [4.69, 9.17) is 0 Å². The van der Waals surface area contributed by atoms with Crippen LogP contribution in [0.15, 0.2) is 24.4 Å². The number of likely N-dealkylation sites (N-methyl/N-ethyl adjacent to an activating group) is 1. The van der Waals surface area contributed by atoms with Crippen molar-refractivity contribution in [2.75, 3.05) is 82.0 Å².